The number of hydrogen-bond acceptors (Lipinski definition) is 2. The molecule has 114 valence electrons. The number of amides is 1. The molecule has 0 aromatic heterocycles. The van der Waals surface area contributed by atoms with E-state index in [9.17, 15) is 13.6 Å². The molecule has 2 aliphatic rings. The van der Waals surface area contributed by atoms with Gasteiger partial charge in [-0.2, -0.15) is 0 Å². The molecule has 0 bridgehead atoms. The first-order chi connectivity index (χ1) is 9.91. The van der Waals surface area contributed by atoms with E-state index in [2.05, 4.69) is 10.2 Å². The van der Waals surface area contributed by atoms with Crippen molar-refractivity contribution in [2.45, 2.75) is 37.4 Å². The molecule has 3 nitrogen and oxygen atoms in total. The molecule has 1 aliphatic heterocycles. The summed E-state index contributed by atoms with van der Waals surface area (Å²) in [6, 6.07) is 4.99. The van der Waals surface area contributed by atoms with E-state index in [1.165, 1.54) is 37.6 Å². The Morgan fingerprint density at radius 2 is 1.95 bits per heavy atom. The molecule has 1 aromatic carbocycles. The van der Waals surface area contributed by atoms with Crippen LogP contribution in [0, 0.1) is 5.82 Å². The number of rotatable bonds is 5. The number of halogens is 2. The van der Waals surface area contributed by atoms with Crippen molar-refractivity contribution < 1.29 is 13.6 Å². The van der Waals surface area contributed by atoms with E-state index in [-0.39, 0.29) is 11.1 Å². The zero-order valence-corrected chi connectivity index (χ0v) is 12.2. The molecule has 1 N–H and O–H groups in total. The molecule has 1 aromatic rings. The van der Waals surface area contributed by atoms with Crippen molar-refractivity contribution in [2.24, 2.45) is 0 Å². The molecule has 0 radical (unpaired) electrons. The fraction of sp³-hybridized carbons (Fsp3) is 0.562. The van der Waals surface area contributed by atoms with Gasteiger partial charge in [-0.05, 0) is 57.0 Å². The largest absolute Gasteiger partial charge is 0.346 e. The summed E-state index contributed by atoms with van der Waals surface area (Å²) in [5.74, 6) is -1.07. The lowest BCUT2D eigenvalue weighted by atomic mass is 9.96. The number of nitrogens with zero attached hydrogens (tertiary/aromatic N) is 1. The van der Waals surface area contributed by atoms with Crippen LogP contribution < -0.4 is 5.32 Å². The molecular formula is C16H20F2N2O. The number of benzene rings is 1. The molecule has 1 atom stereocenters. The van der Waals surface area contributed by atoms with Gasteiger partial charge in [-0.3, -0.25) is 4.79 Å². The summed E-state index contributed by atoms with van der Waals surface area (Å²) in [4.78, 5) is 14.6. The highest BCUT2D eigenvalue weighted by atomic mass is 19.1. The molecule has 1 saturated carbocycles. The summed E-state index contributed by atoms with van der Waals surface area (Å²) < 4.78 is 27.7. The highest BCUT2D eigenvalue weighted by Crippen LogP contribution is 2.38. The van der Waals surface area contributed by atoms with Crippen molar-refractivity contribution in [1.29, 1.82) is 0 Å². The third kappa shape index (κ3) is 2.93. The van der Waals surface area contributed by atoms with Gasteiger partial charge in [0.05, 0.1) is 5.54 Å². The fourth-order valence-corrected chi connectivity index (χ4v) is 2.69. The molecule has 1 saturated heterocycles. The molecule has 1 aliphatic carbocycles. The summed E-state index contributed by atoms with van der Waals surface area (Å²) in [6.07, 6.45) is 2.99. The molecule has 3 rings (SSSR count). The minimum absolute atomic E-state index is 0.182. The molecule has 1 unspecified atom stereocenters. The van der Waals surface area contributed by atoms with Crippen molar-refractivity contribution >= 4 is 5.91 Å². The van der Waals surface area contributed by atoms with Crippen LogP contribution in [0.1, 0.15) is 31.7 Å². The van der Waals surface area contributed by atoms with Crippen LogP contribution in [0.3, 0.4) is 0 Å². The molecule has 5 heteroatoms. The molecule has 2 fully saturated rings. The Kier molecular flexibility index (Phi) is 3.48. The topological polar surface area (TPSA) is 32.3 Å². The van der Waals surface area contributed by atoms with Crippen LogP contribution in [0.25, 0.3) is 0 Å². The van der Waals surface area contributed by atoms with Gasteiger partial charge in [-0.15, -0.1) is 0 Å². The SMILES string of the molecule is CC(F)(C(=O)NC1(CN2CCC2)CC1)c1ccc(F)cc1. The normalized spacial score (nSPS) is 23.0. The Bertz CT molecular complexity index is 534. The second kappa shape index (κ2) is 5.05. The van der Waals surface area contributed by atoms with E-state index in [1.54, 1.807) is 0 Å². The van der Waals surface area contributed by atoms with Crippen LogP contribution >= 0.6 is 0 Å². The Morgan fingerprint density at radius 1 is 1.33 bits per heavy atom. The number of carbonyl (C=O) groups excluding carboxylic acids is 1. The van der Waals surface area contributed by atoms with Crippen LogP contribution in [0.15, 0.2) is 24.3 Å². The van der Waals surface area contributed by atoms with Gasteiger partial charge in [0.25, 0.3) is 5.91 Å². The van der Waals surface area contributed by atoms with E-state index in [1.807, 2.05) is 0 Å². The standard InChI is InChI=1S/C16H20F2N2O/c1-15(18,12-3-5-13(17)6-4-12)14(21)19-16(7-8-16)11-20-9-2-10-20/h3-6H,2,7-11H2,1H3,(H,19,21). The van der Waals surface area contributed by atoms with Crippen LogP contribution in [-0.4, -0.2) is 36.0 Å². The van der Waals surface area contributed by atoms with E-state index in [4.69, 9.17) is 0 Å². The quantitative estimate of drug-likeness (QED) is 0.904. The van der Waals surface area contributed by atoms with Crippen LogP contribution in [0.5, 0.6) is 0 Å². The maximum absolute atomic E-state index is 14.8. The van der Waals surface area contributed by atoms with Crippen LogP contribution in [-0.2, 0) is 10.5 Å². The second-order valence-corrected chi connectivity index (χ2v) is 6.37. The predicted molar refractivity (Wildman–Crippen MR) is 76.0 cm³/mol. The van der Waals surface area contributed by atoms with Gasteiger partial charge in [-0.25, -0.2) is 8.78 Å². The monoisotopic (exact) mass is 294 g/mol. The molecule has 21 heavy (non-hydrogen) atoms. The summed E-state index contributed by atoms with van der Waals surface area (Å²) in [5, 5.41) is 2.87. The lowest BCUT2D eigenvalue weighted by Gasteiger charge is -2.35. The summed E-state index contributed by atoms with van der Waals surface area (Å²) in [5.41, 5.74) is -2.22. The lowest BCUT2D eigenvalue weighted by Crippen LogP contribution is -2.53. The highest BCUT2D eigenvalue weighted by molar-refractivity contribution is 5.87. The van der Waals surface area contributed by atoms with Gasteiger partial charge in [-0.1, -0.05) is 12.1 Å². The number of likely N-dealkylation sites (tertiary alicyclic amines) is 1. The number of alkyl halides is 1. The number of carbonyl (C=O) groups is 1. The Hall–Kier alpha value is -1.49. The minimum Gasteiger partial charge on any atom is -0.346 e. The predicted octanol–water partition coefficient (Wildman–Crippen LogP) is 2.36. The third-order valence-electron chi connectivity index (χ3n) is 4.52. The average Bonchev–Trinajstić information content (AvgIpc) is 3.15. The maximum Gasteiger partial charge on any atom is 0.262 e. The van der Waals surface area contributed by atoms with Gasteiger partial charge >= 0.3 is 0 Å². The van der Waals surface area contributed by atoms with Crippen LogP contribution in [0.4, 0.5) is 8.78 Å². The van der Waals surface area contributed by atoms with E-state index < -0.39 is 17.4 Å². The highest BCUT2D eigenvalue weighted by Gasteiger charge is 2.49. The first kappa shape index (κ1) is 14.4. The number of hydrogen-bond donors (Lipinski definition) is 1. The van der Waals surface area contributed by atoms with Crippen molar-refractivity contribution in [1.82, 2.24) is 10.2 Å². The third-order valence-corrected chi connectivity index (χ3v) is 4.52. The van der Waals surface area contributed by atoms with Gasteiger partial charge in [0.2, 0.25) is 5.67 Å². The Morgan fingerprint density at radius 3 is 2.43 bits per heavy atom. The van der Waals surface area contributed by atoms with Crippen molar-refractivity contribution in [3.05, 3.63) is 35.6 Å². The first-order valence-electron chi connectivity index (χ1n) is 7.41. The lowest BCUT2D eigenvalue weighted by molar-refractivity contribution is -0.133. The van der Waals surface area contributed by atoms with Gasteiger partial charge < -0.3 is 10.2 Å². The summed E-state index contributed by atoms with van der Waals surface area (Å²) in [7, 11) is 0. The Balaban J connectivity index is 1.67. The van der Waals surface area contributed by atoms with Crippen LogP contribution in [0.2, 0.25) is 0 Å². The zero-order chi connectivity index (χ0) is 15.1. The number of nitrogens with one attached hydrogen (secondary N) is 1. The van der Waals surface area contributed by atoms with E-state index >= 15 is 0 Å². The molecule has 1 heterocycles. The summed E-state index contributed by atoms with van der Waals surface area (Å²) >= 11 is 0. The molecule has 0 spiro atoms. The van der Waals surface area contributed by atoms with Gasteiger partial charge in [0, 0.05) is 6.54 Å². The second-order valence-electron chi connectivity index (χ2n) is 6.37. The van der Waals surface area contributed by atoms with Gasteiger partial charge in [0.15, 0.2) is 0 Å². The Labute approximate surface area is 123 Å². The first-order valence-corrected chi connectivity index (χ1v) is 7.41. The summed E-state index contributed by atoms with van der Waals surface area (Å²) in [6.45, 7) is 4.15. The minimum atomic E-state index is -2.14. The van der Waals surface area contributed by atoms with Crippen molar-refractivity contribution in [2.75, 3.05) is 19.6 Å². The zero-order valence-electron chi connectivity index (χ0n) is 12.2. The van der Waals surface area contributed by atoms with Crippen molar-refractivity contribution in [3.63, 3.8) is 0 Å². The van der Waals surface area contributed by atoms with Crippen molar-refractivity contribution in [3.8, 4) is 0 Å². The molecule has 1 amide bonds. The van der Waals surface area contributed by atoms with E-state index in [0.717, 1.165) is 32.5 Å². The smallest absolute Gasteiger partial charge is 0.262 e. The average molecular weight is 294 g/mol. The molecular weight excluding hydrogens is 274 g/mol. The van der Waals surface area contributed by atoms with Gasteiger partial charge in [0.1, 0.15) is 5.82 Å². The maximum atomic E-state index is 14.8. The van der Waals surface area contributed by atoms with E-state index in [0.29, 0.717) is 0 Å². The fourth-order valence-electron chi connectivity index (χ4n) is 2.69.